The minimum absolute atomic E-state index is 0.197. The molecular weight excluding hydrogens is 373 g/mol. The van der Waals surface area contributed by atoms with E-state index in [1.54, 1.807) is 32.0 Å². The molecule has 0 amide bonds. The summed E-state index contributed by atoms with van der Waals surface area (Å²) < 4.78 is 15.3. The van der Waals surface area contributed by atoms with Gasteiger partial charge >= 0.3 is 5.97 Å². The number of carbonyl (C=O) groups excluding carboxylic acids is 1. The van der Waals surface area contributed by atoms with Crippen LogP contribution in [0.15, 0.2) is 36.4 Å². The Labute approximate surface area is 159 Å². The molecule has 0 bridgehead atoms. The van der Waals surface area contributed by atoms with E-state index in [1.165, 1.54) is 16.7 Å². The number of carboxylic acid groups (broad SMARTS) is 1. The third-order valence-corrected chi connectivity index (χ3v) is 4.89. The quantitative estimate of drug-likeness (QED) is 0.677. The lowest BCUT2D eigenvalue weighted by Gasteiger charge is -2.12. The molecule has 0 radical (unpaired) electrons. The van der Waals surface area contributed by atoms with E-state index in [-0.39, 0.29) is 17.5 Å². The van der Waals surface area contributed by atoms with E-state index in [0.717, 1.165) is 6.07 Å². The zero-order valence-electron chi connectivity index (χ0n) is 14.7. The average Bonchev–Trinajstić information content (AvgIpc) is 2.87. The molecule has 1 aromatic heterocycles. The summed E-state index contributed by atoms with van der Waals surface area (Å²) in [5.41, 5.74) is 1.24. The molecule has 140 valence electrons. The number of phenolic OH excluding ortho intramolecular Hbond substituents is 1. The van der Waals surface area contributed by atoms with Crippen molar-refractivity contribution in [2.45, 2.75) is 26.2 Å². The van der Waals surface area contributed by atoms with Crippen LogP contribution in [0.2, 0.25) is 5.02 Å². The molecule has 0 aliphatic rings. The molecule has 5 nitrogen and oxygen atoms in total. The summed E-state index contributed by atoms with van der Waals surface area (Å²) in [5, 5.41) is 20.1. The summed E-state index contributed by atoms with van der Waals surface area (Å²) in [6.07, 6.45) is 0.277. The van der Waals surface area contributed by atoms with Crippen LogP contribution in [0, 0.1) is 12.7 Å². The van der Waals surface area contributed by atoms with Gasteiger partial charge in [0.05, 0.1) is 11.4 Å². The number of aromatic hydroxyl groups is 1. The number of hydrogen-bond acceptors (Lipinski definition) is 3. The monoisotopic (exact) mass is 389 g/mol. The Bertz CT molecular complexity index is 1070. The van der Waals surface area contributed by atoms with Crippen molar-refractivity contribution in [3.8, 4) is 5.75 Å². The molecule has 0 spiro atoms. The fourth-order valence-electron chi connectivity index (χ4n) is 3.40. The topological polar surface area (TPSA) is 79.5 Å². The van der Waals surface area contributed by atoms with Gasteiger partial charge in [0.1, 0.15) is 0 Å². The number of halogens is 2. The third-order valence-electron chi connectivity index (χ3n) is 4.65. The molecule has 1 atom stereocenters. The molecule has 0 saturated carbocycles. The van der Waals surface area contributed by atoms with Crippen molar-refractivity contribution < 1.29 is 24.2 Å². The van der Waals surface area contributed by atoms with Crippen LogP contribution in [0.25, 0.3) is 10.9 Å². The fourth-order valence-corrected chi connectivity index (χ4v) is 3.59. The Morgan fingerprint density at radius 1 is 1.26 bits per heavy atom. The summed E-state index contributed by atoms with van der Waals surface area (Å²) in [6, 6.07) is 8.51. The summed E-state index contributed by atoms with van der Waals surface area (Å²) in [5.74, 6) is -3.91. The molecule has 0 unspecified atom stereocenters. The maximum Gasteiger partial charge on any atom is 0.311 e. The van der Waals surface area contributed by atoms with Crippen LogP contribution >= 0.6 is 11.6 Å². The number of hydrogen-bond donors (Lipinski definition) is 2. The number of rotatable bonds is 4. The minimum atomic E-state index is -1.06. The standard InChI is InChI=1S/C20H17ClFNO4/c1-3-13(20(26)27)18-10(2)23(16-9-15(22)17(24)8-14(16)18)19(25)11-5-4-6-12(21)7-11/h4-9,13,24H,3H2,1-2H3,(H,26,27)/t13-/m0/s1. The summed E-state index contributed by atoms with van der Waals surface area (Å²) in [6.45, 7) is 3.32. The van der Waals surface area contributed by atoms with Crippen molar-refractivity contribution in [1.29, 1.82) is 0 Å². The first-order chi connectivity index (χ1) is 12.8. The van der Waals surface area contributed by atoms with Crippen LogP contribution in [-0.4, -0.2) is 26.7 Å². The zero-order chi connectivity index (χ0) is 19.9. The maximum absolute atomic E-state index is 14.0. The van der Waals surface area contributed by atoms with E-state index >= 15 is 0 Å². The molecule has 2 N–H and O–H groups in total. The van der Waals surface area contributed by atoms with E-state index in [0.29, 0.717) is 21.7 Å². The predicted molar refractivity (Wildman–Crippen MR) is 100 cm³/mol. The summed E-state index contributed by atoms with van der Waals surface area (Å²) in [4.78, 5) is 24.8. The highest BCUT2D eigenvalue weighted by Gasteiger charge is 2.29. The number of benzene rings is 2. The molecule has 7 heteroatoms. The SMILES string of the molecule is CC[C@H](C(=O)O)c1c(C)n(C(=O)c2cccc(Cl)c2)c2cc(F)c(O)cc12. The normalized spacial score (nSPS) is 12.3. The van der Waals surface area contributed by atoms with Crippen molar-refractivity contribution in [2.75, 3.05) is 0 Å². The van der Waals surface area contributed by atoms with Gasteiger partial charge in [-0.15, -0.1) is 0 Å². The van der Waals surface area contributed by atoms with E-state index in [4.69, 9.17) is 11.6 Å². The zero-order valence-corrected chi connectivity index (χ0v) is 15.4. The average molecular weight is 390 g/mol. The second-order valence-corrected chi connectivity index (χ2v) is 6.71. The van der Waals surface area contributed by atoms with Crippen molar-refractivity contribution in [3.05, 3.63) is 64.1 Å². The predicted octanol–water partition coefficient (Wildman–Crippen LogP) is 4.71. The van der Waals surface area contributed by atoms with Crippen LogP contribution in [-0.2, 0) is 4.79 Å². The second-order valence-electron chi connectivity index (χ2n) is 6.27. The van der Waals surface area contributed by atoms with Gasteiger partial charge in [-0.1, -0.05) is 24.6 Å². The largest absolute Gasteiger partial charge is 0.505 e. The Kier molecular flexibility index (Phi) is 4.93. The van der Waals surface area contributed by atoms with Crippen molar-refractivity contribution in [2.24, 2.45) is 0 Å². The summed E-state index contributed by atoms with van der Waals surface area (Å²) in [7, 11) is 0. The number of aromatic nitrogens is 1. The number of phenols is 1. The van der Waals surface area contributed by atoms with Crippen LogP contribution < -0.4 is 0 Å². The lowest BCUT2D eigenvalue weighted by molar-refractivity contribution is -0.138. The second kappa shape index (κ2) is 7.04. The van der Waals surface area contributed by atoms with Crippen molar-refractivity contribution in [1.82, 2.24) is 4.57 Å². The van der Waals surface area contributed by atoms with E-state index in [9.17, 15) is 24.2 Å². The van der Waals surface area contributed by atoms with Gasteiger partial charge in [0.2, 0.25) is 0 Å². The smallest absolute Gasteiger partial charge is 0.311 e. The Morgan fingerprint density at radius 2 is 1.96 bits per heavy atom. The number of fused-ring (bicyclic) bond motifs is 1. The molecule has 0 fully saturated rings. The van der Waals surface area contributed by atoms with Crippen LogP contribution in [0.1, 0.15) is 40.9 Å². The highest BCUT2D eigenvalue weighted by Crippen LogP contribution is 2.37. The lowest BCUT2D eigenvalue weighted by Crippen LogP contribution is -2.16. The van der Waals surface area contributed by atoms with E-state index < -0.39 is 29.4 Å². The third kappa shape index (κ3) is 3.17. The Morgan fingerprint density at radius 3 is 2.56 bits per heavy atom. The molecule has 0 aliphatic carbocycles. The first-order valence-corrected chi connectivity index (χ1v) is 8.70. The Balaban J connectivity index is 2.36. The highest BCUT2D eigenvalue weighted by molar-refractivity contribution is 6.31. The van der Waals surface area contributed by atoms with Gasteiger partial charge in [-0.25, -0.2) is 4.39 Å². The number of aliphatic carboxylic acids is 1. The van der Waals surface area contributed by atoms with Gasteiger partial charge in [-0.05, 0) is 43.2 Å². The highest BCUT2D eigenvalue weighted by atomic mass is 35.5. The van der Waals surface area contributed by atoms with E-state index in [2.05, 4.69) is 0 Å². The van der Waals surface area contributed by atoms with Crippen LogP contribution in [0.3, 0.4) is 0 Å². The van der Waals surface area contributed by atoms with Gasteiger partial charge in [0.15, 0.2) is 11.6 Å². The van der Waals surface area contributed by atoms with Gasteiger partial charge in [0, 0.05) is 27.7 Å². The number of carbonyl (C=O) groups is 2. The molecule has 2 aromatic carbocycles. The van der Waals surface area contributed by atoms with Crippen LogP contribution in [0.4, 0.5) is 4.39 Å². The van der Waals surface area contributed by atoms with E-state index in [1.807, 2.05) is 0 Å². The summed E-state index contributed by atoms with van der Waals surface area (Å²) >= 11 is 5.97. The van der Waals surface area contributed by atoms with Crippen LogP contribution in [0.5, 0.6) is 5.75 Å². The van der Waals surface area contributed by atoms with Gasteiger partial charge < -0.3 is 10.2 Å². The molecular formula is C20H17ClFNO4. The molecule has 0 saturated heterocycles. The van der Waals surface area contributed by atoms with Gasteiger partial charge in [-0.3, -0.25) is 14.2 Å². The number of nitrogens with zero attached hydrogens (tertiary/aromatic N) is 1. The molecule has 27 heavy (non-hydrogen) atoms. The Hall–Kier alpha value is -2.86. The minimum Gasteiger partial charge on any atom is -0.505 e. The molecule has 1 heterocycles. The van der Waals surface area contributed by atoms with Gasteiger partial charge in [-0.2, -0.15) is 0 Å². The first kappa shape index (κ1) is 18.9. The molecule has 3 aromatic rings. The van der Waals surface area contributed by atoms with Crippen molar-refractivity contribution in [3.63, 3.8) is 0 Å². The van der Waals surface area contributed by atoms with Crippen molar-refractivity contribution >= 4 is 34.4 Å². The van der Waals surface area contributed by atoms with Gasteiger partial charge in [0.25, 0.3) is 5.91 Å². The fraction of sp³-hybridized carbons (Fsp3) is 0.200. The molecule has 3 rings (SSSR count). The number of carboxylic acids is 1. The maximum atomic E-state index is 14.0. The molecule has 0 aliphatic heterocycles. The first-order valence-electron chi connectivity index (χ1n) is 8.32. The lowest BCUT2D eigenvalue weighted by atomic mass is 9.94.